The molecule has 11 heteroatoms. The first-order valence-corrected chi connectivity index (χ1v) is 14.6. The van der Waals surface area contributed by atoms with Gasteiger partial charge in [0.25, 0.3) is 5.91 Å². The molecule has 0 bridgehead atoms. The number of carbonyl (C=O) groups excluding carboxylic acids is 1. The largest absolute Gasteiger partial charge is 0.416 e. The molecule has 1 aromatic heterocycles. The van der Waals surface area contributed by atoms with E-state index in [-0.39, 0.29) is 35.1 Å². The predicted molar refractivity (Wildman–Crippen MR) is 153 cm³/mol. The summed E-state index contributed by atoms with van der Waals surface area (Å²) in [6, 6.07) is 12.7. The van der Waals surface area contributed by atoms with Crippen molar-refractivity contribution in [1.82, 2.24) is 19.7 Å². The van der Waals surface area contributed by atoms with Gasteiger partial charge in [0.2, 0.25) is 0 Å². The number of alkyl halides is 3. The van der Waals surface area contributed by atoms with Crippen LogP contribution >= 0.6 is 0 Å². The third kappa shape index (κ3) is 5.10. The van der Waals surface area contributed by atoms with Crippen molar-refractivity contribution >= 4 is 11.6 Å². The van der Waals surface area contributed by atoms with E-state index in [4.69, 9.17) is 4.74 Å². The Bertz CT molecular complexity index is 1600. The lowest BCUT2D eigenvalue weighted by Crippen LogP contribution is -2.50. The highest BCUT2D eigenvalue weighted by molar-refractivity contribution is 6.10. The van der Waals surface area contributed by atoms with Gasteiger partial charge in [-0.1, -0.05) is 12.1 Å². The van der Waals surface area contributed by atoms with E-state index in [2.05, 4.69) is 21.2 Å². The van der Waals surface area contributed by atoms with Crippen LogP contribution in [0.2, 0.25) is 0 Å². The zero-order valence-corrected chi connectivity index (χ0v) is 24.8. The number of nitriles is 1. The highest BCUT2D eigenvalue weighted by Crippen LogP contribution is 2.50. The molecule has 1 amide bonds. The summed E-state index contributed by atoms with van der Waals surface area (Å²) in [5, 5.41) is 17.8. The number of carbonyl (C=O) groups is 1. The standard InChI is InChI=1S/C32H35F3N6O2/c1-20-17-40(8-9-43-20)30(2,3)23-11-25-26(27(12-23)32(33,34)35)18-41(29(25)42)24-7-5-6-22(10-24)31(13-21(14-31)16-36)15-28-38-37-19-39(28)4/h5-7,10-12,19-21H,8-9,13-15,17-18H2,1-4H3/t20-,21-,31-/m1/s1. The summed E-state index contributed by atoms with van der Waals surface area (Å²) in [6.07, 6.45) is -1.20. The summed E-state index contributed by atoms with van der Waals surface area (Å²) >= 11 is 0. The molecule has 2 fully saturated rings. The fourth-order valence-electron chi connectivity index (χ4n) is 6.96. The zero-order valence-electron chi connectivity index (χ0n) is 24.8. The molecule has 0 spiro atoms. The lowest BCUT2D eigenvalue weighted by molar-refractivity contribution is -0.138. The molecule has 3 aliphatic rings. The van der Waals surface area contributed by atoms with E-state index in [9.17, 15) is 23.2 Å². The minimum absolute atomic E-state index is 0.000199. The molecular formula is C32H35F3N6O2. The maximum Gasteiger partial charge on any atom is 0.416 e. The van der Waals surface area contributed by atoms with Crippen molar-refractivity contribution in [2.45, 2.75) is 69.8 Å². The van der Waals surface area contributed by atoms with Gasteiger partial charge in [0.05, 0.1) is 30.9 Å². The van der Waals surface area contributed by atoms with Crippen molar-refractivity contribution in [3.8, 4) is 6.07 Å². The first-order chi connectivity index (χ1) is 20.3. The maximum absolute atomic E-state index is 14.5. The number of hydrogen-bond donors (Lipinski definition) is 0. The third-order valence-electron chi connectivity index (χ3n) is 9.61. The summed E-state index contributed by atoms with van der Waals surface area (Å²) in [5.74, 6) is 0.239. The number of fused-ring (bicyclic) bond motifs is 1. The number of aromatic nitrogens is 3. The van der Waals surface area contributed by atoms with E-state index >= 15 is 0 Å². The van der Waals surface area contributed by atoms with E-state index in [1.54, 1.807) is 18.5 Å². The van der Waals surface area contributed by atoms with Crippen LogP contribution in [0.5, 0.6) is 0 Å². The van der Waals surface area contributed by atoms with Crippen molar-refractivity contribution in [2.75, 3.05) is 24.6 Å². The molecule has 226 valence electrons. The maximum atomic E-state index is 14.5. The number of hydrogen-bond acceptors (Lipinski definition) is 6. The second-order valence-electron chi connectivity index (χ2n) is 12.7. The number of amides is 1. The summed E-state index contributed by atoms with van der Waals surface area (Å²) in [7, 11) is 1.87. The number of anilines is 1. The van der Waals surface area contributed by atoms with Crippen molar-refractivity contribution in [2.24, 2.45) is 13.0 Å². The average molecular weight is 593 g/mol. The Morgan fingerprint density at radius 2 is 1.95 bits per heavy atom. The molecule has 2 aromatic carbocycles. The van der Waals surface area contributed by atoms with Crippen molar-refractivity contribution in [3.05, 3.63) is 76.4 Å². The molecule has 1 atom stereocenters. The highest BCUT2D eigenvalue weighted by Gasteiger charge is 2.47. The van der Waals surface area contributed by atoms with Gasteiger partial charge in [-0.15, -0.1) is 10.2 Å². The van der Waals surface area contributed by atoms with Crippen molar-refractivity contribution < 1.29 is 22.7 Å². The van der Waals surface area contributed by atoms with Gasteiger partial charge in [0.15, 0.2) is 0 Å². The molecule has 8 nitrogen and oxygen atoms in total. The van der Waals surface area contributed by atoms with Crippen LogP contribution in [0.25, 0.3) is 0 Å². The Morgan fingerprint density at radius 3 is 2.60 bits per heavy atom. The lowest BCUT2D eigenvalue weighted by Gasteiger charge is -2.45. The highest BCUT2D eigenvalue weighted by atomic mass is 19.4. The second kappa shape index (κ2) is 10.5. The van der Waals surface area contributed by atoms with Gasteiger partial charge in [0.1, 0.15) is 12.2 Å². The molecule has 0 radical (unpaired) electrons. The average Bonchev–Trinajstić information content (AvgIpc) is 3.51. The monoisotopic (exact) mass is 592 g/mol. The predicted octanol–water partition coefficient (Wildman–Crippen LogP) is 5.36. The number of ether oxygens (including phenoxy) is 1. The van der Waals surface area contributed by atoms with Gasteiger partial charge in [0, 0.05) is 54.7 Å². The first-order valence-electron chi connectivity index (χ1n) is 14.6. The topological polar surface area (TPSA) is 87.3 Å². The molecule has 3 heterocycles. The van der Waals surface area contributed by atoms with E-state index in [0.29, 0.717) is 50.2 Å². The molecule has 0 unspecified atom stereocenters. The van der Waals surface area contributed by atoms with Crippen LogP contribution in [0.15, 0.2) is 42.7 Å². The fraction of sp³-hybridized carbons (Fsp3) is 0.500. The molecule has 2 aliphatic heterocycles. The minimum atomic E-state index is -4.62. The van der Waals surface area contributed by atoms with Gasteiger partial charge in [-0.3, -0.25) is 9.69 Å². The Kier molecular flexibility index (Phi) is 7.13. The minimum Gasteiger partial charge on any atom is -0.376 e. The second-order valence-corrected chi connectivity index (χ2v) is 12.7. The molecule has 0 N–H and O–H groups in total. The Labute approximate surface area is 249 Å². The quantitative estimate of drug-likeness (QED) is 0.383. The summed E-state index contributed by atoms with van der Waals surface area (Å²) in [4.78, 5) is 17.4. The fourth-order valence-corrected chi connectivity index (χ4v) is 6.96. The van der Waals surface area contributed by atoms with Gasteiger partial charge in [-0.2, -0.15) is 18.4 Å². The van der Waals surface area contributed by atoms with Gasteiger partial charge < -0.3 is 14.2 Å². The summed E-state index contributed by atoms with van der Waals surface area (Å²) in [6.45, 7) is 7.25. The number of halogens is 3. The van der Waals surface area contributed by atoms with Crippen molar-refractivity contribution in [3.63, 3.8) is 0 Å². The smallest absolute Gasteiger partial charge is 0.376 e. The van der Waals surface area contributed by atoms with E-state index < -0.39 is 23.2 Å². The number of benzene rings is 2. The van der Waals surface area contributed by atoms with Crippen LogP contribution in [0.3, 0.4) is 0 Å². The number of rotatable bonds is 6. The molecule has 1 aliphatic carbocycles. The SMILES string of the molecule is C[C@@H]1CN(C(C)(C)c2cc3c(c(C(F)(F)F)c2)CN(c2cccc([C@]4(Cc5nncn5C)C[C@@H](C#N)C4)c2)C3=O)CCO1. The van der Waals surface area contributed by atoms with Crippen LogP contribution in [0.4, 0.5) is 18.9 Å². The van der Waals surface area contributed by atoms with Crippen LogP contribution in [0.1, 0.15) is 72.0 Å². The van der Waals surface area contributed by atoms with Gasteiger partial charge >= 0.3 is 6.18 Å². The van der Waals surface area contributed by atoms with Crippen LogP contribution in [-0.2, 0) is 41.9 Å². The normalized spacial score (nSPS) is 24.5. The van der Waals surface area contributed by atoms with Crippen LogP contribution in [-0.4, -0.2) is 51.4 Å². The Balaban J connectivity index is 1.36. The third-order valence-corrected chi connectivity index (χ3v) is 9.61. The number of morpholine rings is 1. The molecular weight excluding hydrogens is 557 g/mol. The summed E-state index contributed by atoms with van der Waals surface area (Å²) < 4.78 is 51.1. The number of nitrogens with zero attached hydrogens (tertiary/aromatic N) is 6. The molecule has 1 saturated carbocycles. The Hall–Kier alpha value is -3.75. The molecule has 43 heavy (non-hydrogen) atoms. The first kappa shape index (κ1) is 29.3. The lowest BCUT2D eigenvalue weighted by atomic mass is 9.57. The van der Waals surface area contributed by atoms with Gasteiger partial charge in [-0.05, 0) is 74.6 Å². The summed E-state index contributed by atoms with van der Waals surface area (Å²) in [5.41, 5.74) is 0.124. The molecule has 6 rings (SSSR count). The van der Waals surface area contributed by atoms with E-state index in [0.717, 1.165) is 11.4 Å². The molecule has 1 saturated heterocycles. The number of aryl methyl sites for hydroxylation is 1. The van der Waals surface area contributed by atoms with Crippen LogP contribution in [0, 0.1) is 17.2 Å². The van der Waals surface area contributed by atoms with Crippen LogP contribution < -0.4 is 4.90 Å². The Morgan fingerprint density at radius 1 is 1.19 bits per heavy atom. The van der Waals surface area contributed by atoms with Crippen molar-refractivity contribution in [1.29, 1.82) is 5.26 Å². The molecule has 3 aromatic rings. The van der Waals surface area contributed by atoms with Gasteiger partial charge in [-0.25, -0.2) is 0 Å². The zero-order chi connectivity index (χ0) is 30.7. The van der Waals surface area contributed by atoms with E-state index in [1.165, 1.54) is 11.0 Å². The van der Waals surface area contributed by atoms with E-state index in [1.807, 2.05) is 50.6 Å².